The molecular formula is C28H35N3OS. The van der Waals surface area contributed by atoms with Gasteiger partial charge in [0.05, 0.1) is 29.2 Å². The van der Waals surface area contributed by atoms with Crippen molar-refractivity contribution in [3.8, 4) is 17.1 Å². The monoisotopic (exact) mass is 461 g/mol. The molecule has 1 aromatic carbocycles. The van der Waals surface area contributed by atoms with Gasteiger partial charge in [-0.1, -0.05) is 70.7 Å². The Balaban J connectivity index is 0.00000187. The molecule has 0 unspecified atom stereocenters. The molecule has 0 bridgehead atoms. The van der Waals surface area contributed by atoms with Crippen LogP contribution >= 0.6 is 11.3 Å². The van der Waals surface area contributed by atoms with Crippen LogP contribution in [0.3, 0.4) is 0 Å². The molecule has 4 nitrogen and oxygen atoms in total. The van der Waals surface area contributed by atoms with E-state index in [0.29, 0.717) is 11.6 Å². The zero-order chi connectivity index (χ0) is 24.4. The lowest BCUT2D eigenvalue weighted by atomic mass is 9.86. The Morgan fingerprint density at radius 2 is 1.85 bits per heavy atom. The molecule has 0 saturated heterocycles. The maximum atomic E-state index is 5.54. The van der Waals surface area contributed by atoms with E-state index in [0.717, 1.165) is 39.6 Å². The van der Waals surface area contributed by atoms with Crippen molar-refractivity contribution in [2.24, 2.45) is 0 Å². The van der Waals surface area contributed by atoms with Crippen LogP contribution in [-0.2, 0) is 5.41 Å². The van der Waals surface area contributed by atoms with Gasteiger partial charge in [0.15, 0.2) is 0 Å². The van der Waals surface area contributed by atoms with Crippen LogP contribution in [0.5, 0.6) is 5.88 Å². The Morgan fingerprint density at radius 3 is 2.45 bits per heavy atom. The molecule has 0 saturated carbocycles. The first kappa shape index (κ1) is 26.2. The molecule has 0 aliphatic rings. The van der Waals surface area contributed by atoms with E-state index in [2.05, 4.69) is 60.1 Å². The smallest absolute Gasteiger partial charge is 0.240 e. The van der Waals surface area contributed by atoms with Gasteiger partial charge in [0.25, 0.3) is 0 Å². The summed E-state index contributed by atoms with van der Waals surface area (Å²) in [6.07, 6.45) is 10.8. The highest BCUT2D eigenvalue weighted by Gasteiger charge is 2.21. The molecule has 0 spiro atoms. The summed E-state index contributed by atoms with van der Waals surface area (Å²) >= 11 is 1.70. The molecular weight excluding hydrogens is 426 g/mol. The second-order valence-corrected chi connectivity index (χ2v) is 8.99. The lowest BCUT2D eigenvalue weighted by molar-refractivity contribution is 0.397. The minimum absolute atomic E-state index is 0.00491. The largest absolute Gasteiger partial charge is 0.479 e. The molecule has 2 heterocycles. The highest BCUT2D eigenvalue weighted by molar-refractivity contribution is 7.09. The molecule has 2 aromatic heterocycles. The lowest BCUT2D eigenvalue weighted by Crippen LogP contribution is -2.16. The third kappa shape index (κ3) is 6.72. The fourth-order valence-corrected chi connectivity index (χ4v) is 4.07. The van der Waals surface area contributed by atoms with Gasteiger partial charge < -0.3 is 4.74 Å². The van der Waals surface area contributed by atoms with Crippen molar-refractivity contribution < 1.29 is 4.74 Å². The molecule has 0 fully saturated rings. The number of methoxy groups -OCH3 is 1. The molecule has 5 heteroatoms. The minimum atomic E-state index is -0.00491. The SMILES string of the molecule is C=Cc1nc(-c2cccc(/C=C/CC(C)(C)c3csc(C)n3)c2)c(OC)nc1/C=C\C.CC. The molecule has 3 rings (SSSR count). The first-order valence-electron chi connectivity index (χ1n) is 11.3. The molecule has 3 aromatic rings. The maximum absolute atomic E-state index is 5.54. The van der Waals surface area contributed by atoms with Crippen LogP contribution in [-0.4, -0.2) is 22.1 Å². The Bertz CT molecular complexity index is 1130. The van der Waals surface area contributed by atoms with Crippen molar-refractivity contribution in [3.63, 3.8) is 0 Å². The van der Waals surface area contributed by atoms with Gasteiger partial charge in [-0.3, -0.25) is 0 Å². The summed E-state index contributed by atoms with van der Waals surface area (Å²) in [4.78, 5) is 14.0. The van der Waals surface area contributed by atoms with Gasteiger partial charge in [-0.15, -0.1) is 11.3 Å². The van der Waals surface area contributed by atoms with Crippen molar-refractivity contribution in [1.82, 2.24) is 15.0 Å². The summed E-state index contributed by atoms with van der Waals surface area (Å²) in [5.74, 6) is 0.500. The number of rotatable bonds is 8. The number of aryl methyl sites for hydroxylation is 1. The Hall–Kier alpha value is -3.05. The third-order valence-electron chi connectivity index (χ3n) is 5.04. The van der Waals surface area contributed by atoms with Crippen molar-refractivity contribution >= 4 is 29.6 Å². The number of thiazole rings is 1. The number of aromatic nitrogens is 3. The van der Waals surface area contributed by atoms with Gasteiger partial charge in [-0.05, 0) is 44.1 Å². The van der Waals surface area contributed by atoms with Crippen molar-refractivity contribution in [2.75, 3.05) is 7.11 Å². The average Bonchev–Trinajstić information content (AvgIpc) is 3.27. The summed E-state index contributed by atoms with van der Waals surface area (Å²) in [5.41, 5.74) is 5.38. The summed E-state index contributed by atoms with van der Waals surface area (Å²) in [5, 5.41) is 3.26. The first-order valence-corrected chi connectivity index (χ1v) is 12.2. The number of hydrogen-bond donors (Lipinski definition) is 0. The molecule has 33 heavy (non-hydrogen) atoms. The predicted molar refractivity (Wildman–Crippen MR) is 144 cm³/mol. The van der Waals surface area contributed by atoms with E-state index in [9.17, 15) is 0 Å². The molecule has 0 aliphatic carbocycles. The normalized spacial score (nSPS) is 11.5. The summed E-state index contributed by atoms with van der Waals surface area (Å²) in [6.45, 7) is 16.3. The lowest BCUT2D eigenvalue weighted by Gasteiger charge is -2.20. The van der Waals surface area contributed by atoms with Crippen LogP contribution in [0.2, 0.25) is 0 Å². The fourth-order valence-electron chi connectivity index (χ4n) is 3.26. The number of allylic oxidation sites excluding steroid dienone is 2. The third-order valence-corrected chi connectivity index (χ3v) is 5.81. The fraction of sp³-hybridized carbons (Fsp3) is 0.321. The predicted octanol–water partition coefficient (Wildman–Crippen LogP) is 8.00. The summed E-state index contributed by atoms with van der Waals surface area (Å²) in [7, 11) is 1.62. The first-order chi connectivity index (χ1) is 15.9. The van der Waals surface area contributed by atoms with Gasteiger partial charge in [-0.2, -0.15) is 0 Å². The standard InChI is InChI=1S/C26H29N3OS.C2H6/c1-7-11-22-21(8-2)28-24(25(29-22)30-6)20-14-9-12-19(16-20)13-10-15-26(4,5)23-17-31-18(3)27-23;1-2/h7-14,16-17H,2,15H2,1,3-6H3;1-2H3/b11-7-,13-10+;. The van der Waals surface area contributed by atoms with Crippen molar-refractivity contribution in [2.45, 2.75) is 53.4 Å². The highest BCUT2D eigenvalue weighted by Crippen LogP contribution is 2.31. The van der Waals surface area contributed by atoms with E-state index in [4.69, 9.17) is 9.72 Å². The molecule has 0 atom stereocenters. The van der Waals surface area contributed by atoms with Crippen LogP contribution in [0.25, 0.3) is 29.5 Å². The summed E-state index contributed by atoms with van der Waals surface area (Å²) in [6, 6.07) is 8.24. The molecule has 174 valence electrons. The number of nitrogens with zero attached hydrogens (tertiary/aromatic N) is 3. The van der Waals surface area contributed by atoms with Crippen molar-refractivity contribution in [3.05, 3.63) is 76.0 Å². The van der Waals surface area contributed by atoms with Crippen LogP contribution < -0.4 is 4.74 Å². The highest BCUT2D eigenvalue weighted by atomic mass is 32.1. The number of benzene rings is 1. The van der Waals surface area contributed by atoms with Gasteiger partial charge >= 0.3 is 0 Å². The van der Waals surface area contributed by atoms with Gasteiger partial charge in [-0.25, -0.2) is 15.0 Å². The number of ether oxygens (including phenoxy) is 1. The van der Waals surface area contributed by atoms with E-state index in [1.807, 2.05) is 52.0 Å². The molecule has 0 aliphatic heterocycles. The van der Waals surface area contributed by atoms with Crippen molar-refractivity contribution in [1.29, 1.82) is 0 Å². The van der Waals surface area contributed by atoms with E-state index in [-0.39, 0.29) is 5.41 Å². The second kappa shape index (κ2) is 12.3. The maximum Gasteiger partial charge on any atom is 0.240 e. The molecule has 0 radical (unpaired) electrons. The second-order valence-electron chi connectivity index (χ2n) is 7.92. The van der Waals surface area contributed by atoms with Gasteiger partial charge in [0, 0.05) is 16.4 Å². The van der Waals surface area contributed by atoms with E-state index >= 15 is 0 Å². The Morgan fingerprint density at radius 1 is 1.09 bits per heavy atom. The molecule has 0 N–H and O–H groups in total. The zero-order valence-corrected chi connectivity index (χ0v) is 21.7. The van der Waals surface area contributed by atoms with Gasteiger partial charge in [0.1, 0.15) is 5.69 Å². The van der Waals surface area contributed by atoms with Crippen LogP contribution in [0, 0.1) is 6.92 Å². The summed E-state index contributed by atoms with van der Waals surface area (Å²) < 4.78 is 5.54. The van der Waals surface area contributed by atoms with E-state index in [1.54, 1.807) is 24.5 Å². The Labute approximate surface area is 202 Å². The van der Waals surface area contributed by atoms with E-state index < -0.39 is 0 Å². The number of hydrogen-bond acceptors (Lipinski definition) is 5. The average molecular weight is 462 g/mol. The quantitative estimate of drug-likeness (QED) is 0.341. The Kier molecular flexibility index (Phi) is 9.74. The zero-order valence-electron chi connectivity index (χ0n) is 20.8. The van der Waals surface area contributed by atoms with Crippen LogP contribution in [0.4, 0.5) is 0 Å². The van der Waals surface area contributed by atoms with Gasteiger partial charge in [0.2, 0.25) is 5.88 Å². The minimum Gasteiger partial charge on any atom is -0.479 e. The van der Waals surface area contributed by atoms with Crippen LogP contribution in [0.15, 0.2) is 48.4 Å². The van der Waals surface area contributed by atoms with Crippen LogP contribution in [0.1, 0.15) is 68.7 Å². The van der Waals surface area contributed by atoms with E-state index in [1.165, 1.54) is 0 Å². The topological polar surface area (TPSA) is 47.9 Å². The molecule has 0 amide bonds.